The van der Waals surface area contributed by atoms with Gasteiger partial charge in [-0.15, -0.1) is 0 Å². The molecule has 1 N–H and O–H groups in total. The first-order chi connectivity index (χ1) is 19.7. The van der Waals surface area contributed by atoms with Gasteiger partial charge < -0.3 is 19.4 Å². The third-order valence-electron chi connectivity index (χ3n) is 7.82. The predicted octanol–water partition coefficient (Wildman–Crippen LogP) is 3.51. The Morgan fingerprint density at radius 3 is 2.61 bits per heavy atom. The van der Waals surface area contributed by atoms with Gasteiger partial charge in [0.1, 0.15) is 17.8 Å². The highest BCUT2D eigenvalue weighted by molar-refractivity contribution is 7.92. The number of aromatic nitrogens is 3. The average molecular weight is 606 g/mol. The molecule has 0 aliphatic carbocycles. The number of fused-ring (bicyclic) bond motifs is 1. The molecule has 3 aliphatic heterocycles. The van der Waals surface area contributed by atoms with Crippen LogP contribution in [0.1, 0.15) is 47.8 Å². The van der Waals surface area contributed by atoms with Gasteiger partial charge in [0.2, 0.25) is 10.0 Å². The molecule has 0 bridgehead atoms. The van der Waals surface area contributed by atoms with Gasteiger partial charge in [-0.3, -0.25) is 9.52 Å². The van der Waals surface area contributed by atoms with Gasteiger partial charge in [-0.25, -0.2) is 17.8 Å². The van der Waals surface area contributed by atoms with Gasteiger partial charge in [0.05, 0.1) is 49.0 Å². The molecule has 0 saturated carbocycles. The standard InChI is InChI=1S/C27H33ClFN7O4S/c1-41(38,39)32-21-6-5-18(28)14-20(21)27(37)35-8-3-2-4-23(35)22-15-25-30-24(34-9-7-19(29)17-34)16-26(36(25)31-22)33-10-12-40-13-11-33/h5-6,14-16,19,23,32H,2-4,7-13,17H2,1H3/t19-,23+/m1/s1. The molecule has 0 spiro atoms. The summed E-state index contributed by atoms with van der Waals surface area (Å²) in [5.74, 6) is 1.23. The van der Waals surface area contributed by atoms with Crippen molar-refractivity contribution in [3.63, 3.8) is 0 Å². The Bertz CT molecular complexity index is 1560. The molecule has 1 aromatic carbocycles. The molecule has 14 heteroatoms. The van der Waals surface area contributed by atoms with E-state index >= 15 is 0 Å². The van der Waals surface area contributed by atoms with E-state index in [0.717, 1.165) is 24.9 Å². The number of carbonyl (C=O) groups excluding carboxylic acids is 1. The molecule has 3 saturated heterocycles. The Morgan fingerprint density at radius 2 is 1.88 bits per heavy atom. The van der Waals surface area contributed by atoms with Crippen molar-refractivity contribution >= 4 is 50.5 Å². The molecule has 3 aromatic rings. The largest absolute Gasteiger partial charge is 0.378 e. The number of hydrogen-bond donors (Lipinski definition) is 1. The van der Waals surface area contributed by atoms with Crippen molar-refractivity contribution in [3.05, 3.63) is 46.6 Å². The number of alkyl halides is 1. The molecule has 0 radical (unpaired) electrons. The molecule has 0 unspecified atom stereocenters. The second-order valence-electron chi connectivity index (χ2n) is 10.8. The van der Waals surface area contributed by atoms with E-state index in [0.29, 0.717) is 81.0 Å². The maximum Gasteiger partial charge on any atom is 0.256 e. The Balaban J connectivity index is 1.39. The van der Waals surface area contributed by atoms with Crippen molar-refractivity contribution in [2.75, 3.05) is 66.7 Å². The molecule has 11 nitrogen and oxygen atoms in total. The Morgan fingerprint density at radius 1 is 1.07 bits per heavy atom. The Labute approximate surface area is 243 Å². The molecule has 2 atom stereocenters. The van der Waals surface area contributed by atoms with Gasteiger partial charge in [0.15, 0.2) is 5.65 Å². The summed E-state index contributed by atoms with van der Waals surface area (Å²) in [5.41, 5.74) is 1.69. The quantitative estimate of drug-likeness (QED) is 0.454. The fourth-order valence-corrected chi connectivity index (χ4v) is 6.60. The number of rotatable bonds is 6. The summed E-state index contributed by atoms with van der Waals surface area (Å²) in [7, 11) is -3.62. The van der Waals surface area contributed by atoms with Gasteiger partial charge in [-0.2, -0.15) is 9.61 Å². The molecular formula is C27H33ClFN7O4S. The molecular weight excluding hydrogens is 573 g/mol. The van der Waals surface area contributed by atoms with E-state index in [-0.39, 0.29) is 23.2 Å². The van der Waals surface area contributed by atoms with Crippen LogP contribution in [-0.2, 0) is 14.8 Å². The van der Waals surface area contributed by atoms with E-state index in [4.69, 9.17) is 26.4 Å². The summed E-state index contributed by atoms with van der Waals surface area (Å²) < 4.78 is 47.9. The van der Waals surface area contributed by atoms with Crippen LogP contribution in [-0.4, -0.2) is 92.2 Å². The topological polar surface area (TPSA) is 112 Å². The second-order valence-corrected chi connectivity index (χ2v) is 13.0. The lowest BCUT2D eigenvalue weighted by molar-refractivity contribution is 0.0607. The van der Waals surface area contributed by atoms with Gasteiger partial charge in [0.25, 0.3) is 5.91 Å². The van der Waals surface area contributed by atoms with E-state index in [9.17, 15) is 17.6 Å². The van der Waals surface area contributed by atoms with Crippen molar-refractivity contribution in [1.82, 2.24) is 19.5 Å². The number of nitrogens with zero attached hydrogens (tertiary/aromatic N) is 6. The minimum Gasteiger partial charge on any atom is -0.378 e. The lowest BCUT2D eigenvalue weighted by atomic mass is 9.98. The molecule has 1 amide bonds. The highest BCUT2D eigenvalue weighted by Crippen LogP contribution is 2.35. The third kappa shape index (κ3) is 5.93. The van der Waals surface area contributed by atoms with Gasteiger partial charge in [-0.05, 0) is 43.9 Å². The number of piperidine rings is 1. The van der Waals surface area contributed by atoms with E-state index in [1.807, 2.05) is 17.0 Å². The van der Waals surface area contributed by atoms with Crippen LogP contribution in [0.3, 0.4) is 0 Å². The van der Waals surface area contributed by atoms with E-state index < -0.39 is 16.2 Å². The third-order valence-corrected chi connectivity index (χ3v) is 8.64. The number of anilines is 3. The molecule has 3 aliphatic rings. The summed E-state index contributed by atoms with van der Waals surface area (Å²) >= 11 is 6.23. The van der Waals surface area contributed by atoms with Crippen molar-refractivity contribution in [2.45, 2.75) is 37.9 Å². The van der Waals surface area contributed by atoms with E-state index in [1.165, 1.54) is 12.1 Å². The number of ether oxygens (including phenoxy) is 1. The predicted molar refractivity (Wildman–Crippen MR) is 155 cm³/mol. The zero-order valence-corrected chi connectivity index (χ0v) is 24.4. The molecule has 2 aromatic heterocycles. The highest BCUT2D eigenvalue weighted by Gasteiger charge is 2.33. The van der Waals surface area contributed by atoms with Crippen molar-refractivity contribution < 1.29 is 22.3 Å². The van der Waals surface area contributed by atoms with Crippen molar-refractivity contribution in [1.29, 1.82) is 0 Å². The van der Waals surface area contributed by atoms with Gasteiger partial charge >= 0.3 is 0 Å². The van der Waals surface area contributed by atoms with Crippen molar-refractivity contribution in [2.24, 2.45) is 0 Å². The lowest BCUT2D eigenvalue weighted by Crippen LogP contribution is -2.39. The number of hydrogen-bond acceptors (Lipinski definition) is 8. The normalized spacial score (nSPS) is 22.0. The first-order valence-electron chi connectivity index (χ1n) is 13.9. The zero-order valence-electron chi connectivity index (χ0n) is 22.8. The minimum absolute atomic E-state index is 0.180. The van der Waals surface area contributed by atoms with Crippen LogP contribution < -0.4 is 14.5 Å². The number of likely N-dealkylation sites (tertiary alicyclic amines) is 1. The number of halogens is 2. The first-order valence-corrected chi connectivity index (χ1v) is 16.1. The van der Waals surface area contributed by atoms with Crippen LogP contribution in [0.2, 0.25) is 5.02 Å². The maximum absolute atomic E-state index is 14.1. The van der Waals surface area contributed by atoms with E-state index in [1.54, 1.807) is 15.5 Å². The Kier molecular flexibility index (Phi) is 7.68. The Hall–Kier alpha value is -3.16. The summed E-state index contributed by atoms with van der Waals surface area (Å²) in [6.45, 7) is 3.97. The molecule has 5 heterocycles. The SMILES string of the molecule is CS(=O)(=O)Nc1ccc(Cl)cc1C(=O)N1CCCC[C@H]1c1cc2nc(N3CC[C@@H](F)C3)cc(N3CCOCC3)n2n1. The smallest absolute Gasteiger partial charge is 0.256 e. The summed E-state index contributed by atoms with van der Waals surface area (Å²) in [5, 5.41) is 5.30. The fourth-order valence-electron chi connectivity index (χ4n) is 5.85. The summed E-state index contributed by atoms with van der Waals surface area (Å²) in [6.07, 6.45) is 3.05. The van der Waals surface area contributed by atoms with Gasteiger partial charge in [-0.1, -0.05) is 11.6 Å². The zero-order chi connectivity index (χ0) is 28.7. The molecule has 6 rings (SSSR count). The van der Waals surface area contributed by atoms with Crippen LogP contribution in [0.25, 0.3) is 5.65 Å². The maximum atomic E-state index is 14.1. The number of carbonyl (C=O) groups is 1. The fraction of sp³-hybridized carbons (Fsp3) is 0.519. The minimum atomic E-state index is -3.62. The monoisotopic (exact) mass is 605 g/mol. The average Bonchev–Trinajstić information content (AvgIpc) is 3.59. The first kappa shape index (κ1) is 28.0. The van der Waals surface area contributed by atoms with Crippen molar-refractivity contribution in [3.8, 4) is 0 Å². The van der Waals surface area contributed by atoms with Crippen LogP contribution in [0.4, 0.5) is 21.7 Å². The molecule has 3 fully saturated rings. The number of morpholine rings is 1. The number of nitrogens with one attached hydrogen (secondary N) is 1. The number of sulfonamides is 1. The lowest BCUT2D eigenvalue weighted by Gasteiger charge is -2.35. The highest BCUT2D eigenvalue weighted by atomic mass is 35.5. The molecule has 220 valence electrons. The molecule has 41 heavy (non-hydrogen) atoms. The van der Waals surface area contributed by atoms with Gasteiger partial charge in [0, 0.05) is 43.3 Å². The van der Waals surface area contributed by atoms with Crippen LogP contribution in [0, 0.1) is 0 Å². The second kappa shape index (κ2) is 11.3. The summed E-state index contributed by atoms with van der Waals surface area (Å²) in [6, 6.07) is 8.06. The van der Waals surface area contributed by atoms with E-state index in [2.05, 4.69) is 9.62 Å². The van der Waals surface area contributed by atoms with Crippen LogP contribution in [0.5, 0.6) is 0 Å². The number of amides is 1. The van der Waals surface area contributed by atoms with Crippen LogP contribution >= 0.6 is 11.6 Å². The number of benzene rings is 1. The van der Waals surface area contributed by atoms with Crippen LogP contribution in [0.15, 0.2) is 30.3 Å². The summed E-state index contributed by atoms with van der Waals surface area (Å²) in [4.78, 5) is 24.7.